The largest absolute Gasteiger partial charge is 0.295 e. The third kappa shape index (κ3) is 1.95. The van der Waals surface area contributed by atoms with Gasteiger partial charge in [-0.2, -0.15) is 0 Å². The average molecular weight is 232 g/mol. The molecule has 1 fully saturated rings. The molecule has 3 nitrogen and oxygen atoms in total. The van der Waals surface area contributed by atoms with Gasteiger partial charge in [0.15, 0.2) is 0 Å². The molecule has 0 bridgehead atoms. The second kappa shape index (κ2) is 4.49. The lowest BCUT2D eigenvalue weighted by Gasteiger charge is -2.28. The van der Waals surface area contributed by atoms with Gasteiger partial charge in [-0.15, -0.1) is 0 Å². The lowest BCUT2D eigenvalue weighted by molar-refractivity contribution is -0.116. The summed E-state index contributed by atoms with van der Waals surface area (Å²) in [6, 6.07) is 6.17. The van der Waals surface area contributed by atoms with Crippen LogP contribution in [0.25, 0.3) is 0 Å². The van der Waals surface area contributed by atoms with Gasteiger partial charge in [-0.25, -0.2) is 0 Å². The zero-order valence-corrected chi connectivity index (χ0v) is 11.0. The summed E-state index contributed by atoms with van der Waals surface area (Å²) < 4.78 is 0. The van der Waals surface area contributed by atoms with Crippen LogP contribution in [0, 0.1) is 13.8 Å². The van der Waals surface area contributed by atoms with Crippen molar-refractivity contribution >= 4 is 11.6 Å². The molecule has 0 spiro atoms. The van der Waals surface area contributed by atoms with Gasteiger partial charge < -0.3 is 0 Å². The Kier molecular flexibility index (Phi) is 3.20. The summed E-state index contributed by atoms with van der Waals surface area (Å²) in [4.78, 5) is 16.3. The van der Waals surface area contributed by atoms with Crippen molar-refractivity contribution in [3.8, 4) is 0 Å². The Morgan fingerprint density at radius 2 is 1.88 bits per heavy atom. The second-order valence-electron chi connectivity index (χ2n) is 4.70. The quantitative estimate of drug-likeness (QED) is 0.781. The molecule has 1 aliphatic rings. The smallest absolute Gasteiger partial charge is 0.242 e. The van der Waals surface area contributed by atoms with Gasteiger partial charge in [0.05, 0.1) is 18.4 Å². The standard InChI is InChI=1S/C14H20N2O/c1-5-15-9-13(17)16(12(15)4)14-10(2)7-6-8-11(14)3/h6-8,12H,5,9H2,1-4H3/t12-/m0/s1. The minimum Gasteiger partial charge on any atom is -0.295 e. The number of anilines is 1. The number of para-hydroxylation sites is 1. The molecule has 1 aliphatic heterocycles. The SMILES string of the molecule is CCN1CC(=O)N(c2c(C)cccc2C)[C@H]1C. The third-order valence-corrected chi connectivity index (χ3v) is 3.60. The van der Waals surface area contributed by atoms with Crippen LogP contribution in [-0.4, -0.2) is 30.1 Å². The molecule has 1 heterocycles. The predicted molar refractivity (Wildman–Crippen MR) is 70.1 cm³/mol. The van der Waals surface area contributed by atoms with Crippen molar-refractivity contribution in [3.63, 3.8) is 0 Å². The molecule has 0 aliphatic carbocycles. The van der Waals surface area contributed by atoms with Crippen molar-refractivity contribution in [2.75, 3.05) is 18.0 Å². The minimum absolute atomic E-state index is 0.160. The van der Waals surface area contributed by atoms with E-state index in [9.17, 15) is 4.79 Å². The van der Waals surface area contributed by atoms with E-state index in [1.165, 1.54) is 11.1 Å². The molecule has 1 aromatic carbocycles. The summed E-state index contributed by atoms with van der Waals surface area (Å²) in [5, 5.41) is 0. The number of nitrogens with zero attached hydrogens (tertiary/aromatic N) is 2. The van der Waals surface area contributed by atoms with E-state index in [0.717, 1.165) is 12.2 Å². The van der Waals surface area contributed by atoms with Crippen LogP contribution in [-0.2, 0) is 4.79 Å². The number of carbonyl (C=O) groups is 1. The van der Waals surface area contributed by atoms with Crippen molar-refractivity contribution in [2.24, 2.45) is 0 Å². The van der Waals surface area contributed by atoms with Crippen molar-refractivity contribution < 1.29 is 4.79 Å². The number of carbonyl (C=O) groups excluding carboxylic acids is 1. The average Bonchev–Trinajstić information content (AvgIpc) is 2.56. The molecule has 0 N–H and O–H groups in total. The van der Waals surface area contributed by atoms with Crippen LogP contribution >= 0.6 is 0 Å². The Morgan fingerprint density at radius 1 is 1.29 bits per heavy atom. The summed E-state index contributed by atoms with van der Waals surface area (Å²) in [6.45, 7) is 9.77. The van der Waals surface area contributed by atoms with Crippen molar-refractivity contribution in [1.29, 1.82) is 0 Å². The van der Waals surface area contributed by atoms with Crippen LogP contribution in [0.5, 0.6) is 0 Å². The molecule has 1 aromatic rings. The minimum atomic E-state index is 0.160. The number of hydrogen-bond donors (Lipinski definition) is 0. The molecule has 0 saturated carbocycles. The van der Waals surface area contributed by atoms with E-state index >= 15 is 0 Å². The molecular weight excluding hydrogens is 212 g/mol. The van der Waals surface area contributed by atoms with Gasteiger partial charge in [0.1, 0.15) is 0 Å². The van der Waals surface area contributed by atoms with Gasteiger partial charge in [0, 0.05) is 0 Å². The van der Waals surface area contributed by atoms with Gasteiger partial charge >= 0.3 is 0 Å². The Hall–Kier alpha value is -1.35. The van der Waals surface area contributed by atoms with Crippen LogP contribution in [0.1, 0.15) is 25.0 Å². The zero-order valence-electron chi connectivity index (χ0n) is 11.0. The molecule has 0 unspecified atom stereocenters. The van der Waals surface area contributed by atoms with Crippen LogP contribution < -0.4 is 4.90 Å². The number of likely N-dealkylation sites (N-methyl/N-ethyl adjacent to an activating group) is 1. The predicted octanol–water partition coefficient (Wildman–Crippen LogP) is 2.32. The summed E-state index contributed by atoms with van der Waals surface area (Å²) in [5.74, 6) is 0.205. The maximum Gasteiger partial charge on any atom is 0.242 e. The highest BCUT2D eigenvalue weighted by atomic mass is 16.2. The van der Waals surface area contributed by atoms with Gasteiger partial charge in [0.25, 0.3) is 0 Å². The Labute approximate surface area is 103 Å². The molecule has 3 heteroatoms. The summed E-state index contributed by atoms with van der Waals surface area (Å²) in [5.41, 5.74) is 3.42. The van der Waals surface area contributed by atoms with Gasteiger partial charge in [0.2, 0.25) is 5.91 Å². The number of hydrogen-bond acceptors (Lipinski definition) is 2. The van der Waals surface area contributed by atoms with Crippen LogP contribution in [0.3, 0.4) is 0 Å². The molecule has 0 aromatic heterocycles. The molecule has 1 atom stereocenters. The van der Waals surface area contributed by atoms with Crippen LogP contribution in [0.2, 0.25) is 0 Å². The van der Waals surface area contributed by atoms with Gasteiger partial charge in [-0.1, -0.05) is 25.1 Å². The van der Waals surface area contributed by atoms with E-state index in [1.54, 1.807) is 0 Å². The number of rotatable bonds is 2. The fourth-order valence-electron chi connectivity index (χ4n) is 2.63. The lowest BCUT2D eigenvalue weighted by Crippen LogP contribution is -2.37. The van der Waals surface area contributed by atoms with E-state index in [-0.39, 0.29) is 12.1 Å². The first kappa shape index (κ1) is 12.1. The maximum atomic E-state index is 12.1. The zero-order chi connectivity index (χ0) is 12.6. The van der Waals surface area contributed by atoms with Gasteiger partial charge in [-0.05, 0) is 38.4 Å². The van der Waals surface area contributed by atoms with Gasteiger partial charge in [-0.3, -0.25) is 14.6 Å². The molecular formula is C14H20N2O. The Balaban J connectivity index is 2.43. The Morgan fingerprint density at radius 3 is 2.35 bits per heavy atom. The highest BCUT2D eigenvalue weighted by molar-refractivity contribution is 5.98. The molecule has 0 radical (unpaired) electrons. The normalized spacial score (nSPS) is 21.3. The van der Waals surface area contributed by atoms with E-state index in [4.69, 9.17) is 0 Å². The van der Waals surface area contributed by atoms with E-state index in [2.05, 4.69) is 44.7 Å². The topological polar surface area (TPSA) is 23.6 Å². The first-order valence-corrected chi connectivity index (χ1v) is 6.18. The monoisotopic (exact) mass is 232 g/mol. The first-order valence-electron chi connectivity index (χ1n) is 6.18. The molecule has 17 heavy (non-hydrogen) atoms. The highest BCUT2D eigenvalue weighted by Gasteiger charge is 2.35. The highest BCUT2D eigenvalue weighted by Crippen LogP contribution is 2.30. The maximum absolute atomic E-state index is 12.1. The fraction of sp³-hybridized carbons (Fsp3) is 0.500. The number of benzene rings is 1. The molecule has 2 rings (SSSR count). The Bertz CT molecular complexity index is 422. The third-order valence-electron chi connectivity index (χ3n) is 3.60. The van der Waals surface area contributed by atoms with E-state index in [0.29, 0.717) is 6.54 Å². The van der Waals surface area contributed by atoms with Crippen molar-refractivity contribution in [3.05, 3.63) is 29.3 Å². The second-order valence-corrected chi connectivity index (χ2v) is 4.70. The summed E-state index contributed by atoms with van der Waals surface area (Å²) in [6.07, 6.45) is 0.160. The molecule has 1 amide bonds. The van der Waals surface area contributed by atoms with Crippen molar-refractivity contribution in [1.82, 2.24) is 4.90 Å². The van der Waals surface area contributed by atoms with E-state index < -0.39 is 0 Å². The number of amides is 1. The first-order chi connectivity index (χ1) is 8.06. The number of aryl methyl sites for hydroxylation is 2. The summed E-state index contributed by atoms with van der Waals surface area (Å²) >= 11 is 0. The van der Waals surface area contributed by atoms with E-state index in [1.807, 2.05) is 11.0 Å². The van der Waals surface area contributed by atoms with Crippen molar-refractivity contribution in [2.45, 2.75) is 33.9 Å². The molecule has 1 saturated heterocycles. The fourth-order valence-corrected chi connectivity index (χ4v) is 2.63. The lowest BCUT2D eigenvalue weighted by atomic mass is 10.1. The summed E-state index contributed by atoms with van der Waals surface area (Å²) in [7, 11) is 0. The van der Waals surface area contributed by atoms with Crippen LogP contribution in [0.15, 0.2) is 18.2 Å². The molecule has 92 valence electrons. The van der Waals surface area contributed by atoms with Crippen LogP contribution in [0.4, 0.5) is 5.69 Å².